The zero-order valence-electron chi connectivity index (χ0n) is 23.0. The number of rotatable bonds is 9. The van der Waals surface area contributed by atoms with Crippen molar-refractivity contribution < 1.29 is 39.6 Å². The number of hydrogen-bond acceptors (Lipinski definition) is 7. The molecule has 0 fully saturated rings. The lowest BCUT2D eigenvalue weighted by Crippen LogP contribution is -2.29. The van der Waals surface area contributed by atoms with Gasteiger partial charge in [0.05, 0.1) is 42.1 Å². The van der Waals surface area contributed by atoms with E-state index in [4.69, 9.17) is 31.4 Å². The molecule has 0 aliphatic heterocycles. The van der Waals surface area contributed by atoms with E-state index in [0.717, 1.165) is 5.75 Å². The average molecular weight is 536 g/mol. The summed E-state index contributed by atoms with van der Waals surface area (Å²) in [7, 11) is 0. The lowest BCUT2D eigenvalue weighted by molar-refractivity contribution is -0.146. The predicted molar refractivity (Wildman–Crippen MR) is 142 cm³/mol. The minimum absolute atomic E-state index is 0.0385. The second-order valence-corrected chi connectivity index (χ2v) is 11.2. The molecule has 12 heteroatoms. The number of thioether (sulfide) groups is 1. The van der Waals surface area contributed by atoms with Crippen LogP contribution in [-0.2, 0) is 19.2 Å². The summed E-state index contributed by atoms with van der Waals surface area (Å²) in [5.41, 5.74) is 4.34. The zero-order valence-corrected chi connectivity index (χ0v) is 23.9. The Morgan fingerprint density at radius 1 is 0.806 bits per heavy atom. The molecule has 0 amide bonds. The van der Waals surface area contributed by atoms with Crippen molar-refractivity contribution in [3.05, 3.63) is 0 Å². The van der Waals surface area contributed by atoms with Crippen LogP contribution in [0.1, 0.15) is 81.1 Å². The molecule has 11 nitrogen and oxygen atoms in total. The highest BCUT2D eigenvalue weighted by molar-refractivity contribution is 7.98. The van der Waals surface area contributed by atoms with Gasteiger partial charge in [0.1, 0.15) is 0 Å². The summed E-state index contributed by atoms with van der Waals surface area (Å²) in [5, 5.41) is 41.3. The summed E-state index contributed by atoms with van der Waals surface area (Å²) in [4.78, 5) is 43.9. The number of carbonyl (C=O) groups is 4. The summed E-state index contributed by atoms with van der Waals surface area (Å²) >= 11 is 1.55. The Morgan fingerprint density at radius 3 is 1.42 bits per heavy atom. The molecule has 0 aromatic carbocycles. The molecular weight excluding hydrogens is 490 g/mol. The first kappa shape index (κ1) is 40.4. The molecule has 6 N–H and O–H groups in total. The van der Waals surface area contributed by atoms with Crippen LogP contribution >= 0.6 is 11.8 Å². The second kappa shape index (κ2) is 20.4. The van der Waals surface area contributed by atoms with Gasteiger partial charge in [0, 0.05) is 17.6 Å². The predicted octanol–water partition coefficient (Wildman–Crippen LogP) is 4.21. The van der Waals surface area contributed by atoms with Gasteiger partial charge in [-0.25, -0.2) is 0 Å². The molecule has 0 unspecified atom stereocenters. The van der Waals surface area contributed by atoms with Gasteiger partial charge in [-0.3, -0.25) is 24.2 Å². The molecule has 0 bridgehead atoms. The summed E-state index contributed by atoms with van der Waals surface area (Å²) in [5.74, 6) is -1.94. The third kappa shape index (κ3) is 35.8. The standard InChI is InChI=1S/C8H16N2O2.C7H11NO2.C5H10O2.C4H8O2S/c1-8(2,3)7(9)10-5-4-6(11)12;1-7(2,5-8)4-3-6(9)10;1-5(2,3)4(6)7;1-7-3-2-4(5)6/h4-5H2,1-3H3,(H2,9,10)(H,11,12);3-4H2,1-2H3,(H,9,10);1-3H3,(H,6,7);2-3H2,1H3,(H,5,6). The molecular formula is C24H45N3O8S. The molecule has 0 aromatic rings. The summed E-state index contributed by atoms with van der Waals surface area (Å²) in [6.45, 7) is 14.5. The molecule has 0 saturated carbocycles. The Kier molecular flexibility index (Phi) is 22.9. The van der Waals surface area contributed by atoms with Crippen LogP contribution in [0.5, 0.6) is 0 Å². The van der Waals surface area contributed by atoms with E-state index < -0.39 is 34.7 Å². The number of nitrogens with two attached hydrogens (primary N) is 1. The van der Waals surface area contributed by atoms with Gasteiger partial charge in [0.2, 0.25) is 0 Å². The van der Waals surface area contributed by atoms with Gasteiger partial charge in [-0.1, -0.05) is 20.8 Å². The maximum atomic E-state index is 10.1. The number of aliphatic carboxylic acids is 4. The molecule has 0 heterocycles. The Balaban J connectivity index is -0.000000195. The number of nitrogens with zero attached hydrogens (tertiary/aromatic N) is 2. The minimum Gasteiger partial charge on any atom is -0.481 e. The number of amidine groups is 1. The van der Waals surface area contributed by atoms with E-state index in [9.17, 15) is 19.2 Å². The number of aliphatic imine (C=N–C) groups is 1. The fraction of sp³-hybridized carbons (Fsp3) is 0.750. The third-order valence-corrected chi connectivity index (χ3v) is 4.42. The van der Waals surface area contributed by atoms with E-state index in [0.29, 0.717) is 12.3 Å². The van der Waals surface area contributed by atoms with Crippen molar-refractivity contribution >= 4 is 41.5 Å². The number of nitriles is 1. The van der Waals surface area contributed by atoms with Crippen LogP contribution in [0.3, 0.4) is 0 Å². The molecule has 0 rings (SSSR count). The van der Waals surface area contributed by atoms with E-state index in [1.165, 1.54) is 0 Å². The lowest BCUT2D eigenvalue weighted by atomic mass is 9.90. The molecule has 0 aliphatic rings. The number of carboxylic acids is 4. The third-order valence-electron chi connectivity index (χ3n) is 3.80. The van der Waals surface area contributed by atoms with E-state index in [1.807, 2.05) is 33.1 Å². The SMILES string of the molecule is CC(C)(C#N)CCC(=O)O.CC(C)(C)C(=O)O.CC(C)(C)C(N)=NCCC(=O)O.CSCCC(=O)O. The Morgan fingerprint density at radius 2 is 1.19 bits per heavy atom. The molecule has 0 spiro atoms. The second-order valence-electron chi connectivity index (χ2n) is 10.2. The van der Waals surface area contributed by atoms with Gasteiger partial charge in [-0.2, -0.15) is 17.0 Å². The number of carboxylic acid groups (broad SMARTS) is 4. The minimum atomic E-state index is -0.847. The van der Waals surface area contributed by atoms with Crippen molar-refractivity contribution in [1.29, 1.82) is 5.26 Å². The highest BCUT2D eigenvalue weighted by Gasteiger charge is 2.19. The molecule has 0 aliphatic carbocycles. The van der Waals surface area contributed by atoms with Gasteiger partial charge < -0.3 is 26.2 Å². The van der Waals surface area contributed by atoms with Crippen molar-refractivity contribution in [2.24, 2.45) is 27.0 Å². The molecule has 210 valence electrons. The first-order valence-electron chi connectivity index (χ1n) is 11.1. The summed E-state index contributed by atoms with van der Waals surface area (Å²) in [6, 6.07) is 2.03. The topological polar surface area (TPSA) is 211 Å². The Labute approximate surface area is 219 Å². The van der Waals surface area contributed by atoms with Gasteiger partial charge >= 0.3 is 23.9 Å². The zero-order chi connectivity index (χ0) is 29.8. The van der Waals surface area contributed by atoms with E-state index >= 15 is 0 Å². The normalized spacial score (nSPS) is 11.2. The van der Waals surface area contributed by atoms with Crippen LogP contribution in [0.4, 0.5) is 0 Å². The van der Waals surface area contributed by atoms with Crippen molar-refractivity contribution in [1.82, 2.24) is 0 Å². The van der Waals surface area contributed by atoms with Crippen LogP contribution in [0, 0.1) is 27.6 Å². The van der Waals surface area contributed by atoms with Crippen molar-refractivity contribution in [3.8, 4) is 6.07 Å². The largest absolute Gasteiger partial charge is 0.481 e. The smallest absolute Gasteiger partial charge is 0.308 e. The van der Waals surface area contributed by atoms with Crippen LogP contribution in [0.25, 0.3) is 0 Å². The van der Waals surface area contributed by atoms with Crippen LogP contribution in [-0.4, -0.2) is 68.7 Å². The summed E-state index contributed by atoms with van der Waals surface area (Å²) in [6.07, 6.45) is 2.69. The quantitative estimate of drug-likeness (QED) is 0.208. The highest BCUT2D eigenvalue weighted by atomic mass is 32.2. The first-order valence-corrected chi connectivity index (χ1v) is 12.5. The summed E-state index contributed by atoms with van der Waals surface area (Å²) < 4.78 is 0. The first-order chi connectivity index (χ1) is 16.0. The highest BCUT2D eigenvalue weighted by Crippen LogP contribution is 2.20. The average Bonchev–Trinajstić information content (AvgIpc) is 2.70. The monoisotopic (exact) mass is 535 g/mol. The van der Waals surface area contributed by atoms with Gasteiger partial charge in [0.15, 0.2) is 0 Å². The number of hydrogen-bond donors (Lipinski definition) is 5. The van der Waals surface area contributed by atoms with E-state index in [2.05, 4.69) is 4.99 Å². The molecule has 0 saturated heterocycles. The van der Waals surface area contributed by atoms with Crippen LogP contribution < -0.4 is 5.73 Å². The van der Waals surface area contributed by atoms with Crippen LogP contribution in [0.2, 0.25) is 0 Å². The molecule has 0 atom stereocenters. The molecule has 0 aromatic heterocycles. The molecule has 36 heavy (non-hydrogen) atoms. The van der Waals surface area contributed by atoms with Gasteiger partial charge in [-0.15, -0.1) is 0 Å². The maximum absolute atomic E-state index is 10.1. The molecule has 0 radical (unpaired) electrons. The van der Waals surface area contributed by atoms with Crippen molar-refractivity contribution in [2.75, 3.05) is 18.6 Å². The Bertz CT molecular complexity index is 746. The van der Waals surface area contributed by atoms with Crippen molar-refractivity contribution in [2.45, 2.75) is 81.1 Å². The van der Waals surface area contributed by atoms with Crippen molar-refractivity contribution in [3.63, 3.8) is 0 Å². The van der Waals surface area contributed by atoms with E-state index in [-0.39, 0.29) is 31.2 Å². The fourth-order valence-electron chi connectivity index (χ4n) is 1.17. The van der Waals surface area contributed by atoms with Gasteiger partial charge in [-0.05, 0) is 47.3 Å². The van der Waals surface area contributed by atoms with E-state index in [1.54, 1.807) is 46.4 Å². The maximum Gasteiger partial charge on any atom is 0.308 e. The lowest BCUT2D eigenvalue weighted by Gasteiger charge is -2.16. The van der Waals surface area contributed by atoms with Gasteiger partial charge in [0.25, 0.3) is 0 Å². The Hall–Kier alpha value is -2.81. The van der Waals surface area contributed by atoms with Crippen LogP contribution in [0.15, 0.2) is 4.99 Å². The fourth-order valence-corrected chi connectivity index (χ4v) is 1.55.